The maximum Gasteiger partial charge on any atom is 0.306 e. The zero-order valence-electron chi connectivity index (χ0n) is 12.3. The van der Waals surface area contributed by atoms with Gasteiger partial charge >= 0.3 is 5.69 Å². The van der Waals surface area contributed by atoms with Gasteiger partial charge in [0.05, 0.1) is 9.82 Å². The fraction of sp³-hybridized carbons (Fsp3) is 0.200. The molecule has 0 saturated heterocycles. The summed E-state index contributed by atoms with van der Waals surface area (Å²) in [6, 6.07) is 11.8. The zero-order valence-corrected chi connectivity index (χ0v) is 13.1. The first-order valence-corrected chi connectivity index (χ1v) is 8.28. The summed E-state index contributed by atoms with van der Waals surface area (Å²) in [6.07, 6.45) is 0. The number of nitro benzene ring substituents is 1. The van der Waals surface area contributed by atoms with Crippen molar-refractivity contribution in [3.8, 4) is 0 Å². The number of nitrogens with zero attached hydrogens (tertiary/aromatic N) is 1. The second-order valence-corrected chi connectivity index (χ2v) is 6.80. The van der Waals surface area contributed by atoms with Crippen LogP contribution in [0.15, 0.2) is 53.4 Å². The highest BCUT2D eigenvalue weighted by Gasteiger charge is 2.22. The number of hydrogen-bond donors (Lipinski definition) is 1. The average Bonchev–Trinajstić information content (AvgIpc) is 2.53. The van der Waals surface area contributed by atoms with E-state index in [1.807, 2.05) is 37.3 Å². The Hall–Kier alpha value is -2.32. The fourth-order valence-corrected chi connectivity index (χ4v) is 3.17. The second kappa shape index (κ2) is 6.84. The molecule has 2 rings (SSSR count). The van der Waals surface area contributed by atoms with E-state index >= 15 is 0 Å². The van der Waals surface area contributed by atoms with Gasteiger partial charge in [0.2, 0.25) is 15.8 Å². The Bertz CT molecular complexity index is 809. The molecule has 0 aliphatic carbocycles. The van der Waals surface area contributed by atoms with Crippen LogP contribution in [0.25, 0.3) is 0 Å². The van der Waals surface area contributed by atoms with Gasteiger partial charge in [-0.2, -0.15) is 4.39 Å². The third-order valence-corrected chi connectivity index (χ3v) is 4.79. The average molecular weight is 338 g/mol. The molecule has 2 aromatic rings. The molecule has 0 heterocycles. The minimum Gasteiger partial charge on any atom is -0.258 e. The molecule has 1 atom stereocenters. The van der Waals surface area contributed by atoms with Crippen LogP contribution in [0.1, 0.15) is 18.4 Å². The van der Waals surface area contributed by atoms with Crippen LogP contribution in [0, 0.1) is 15.9 Å². The Kier molecular flexibility index (Phi) is 5.07. The van der Waals surface area contributed by atoms with Gasteiger partial charge in [0.15, 0.2) is 0 Å². The van der Waals surface area contributed by atoms with Crippen molar-refractivity contribution in [2.24, 2.45) is 0 Å². The highest BCUT2D eigenvalue weighted by atomic mass is 32.2. The third-order valence-electron chi connectivity index (χ3n) is 3.37. The van der Waals surface area contributed by atoms with Crippen molar-refractivity contribution in [3.05, 3.63) is 70.0 Å². The van der Waals surface area contributed by atoms with E-state index in [-0.39, 0.29) is 17.4 Å². The molecule has 0 aliphatic rings. The first kappa shape index (κ1) is 17.0. The lowest BCUT2D eigenvalue weighted by molar-refractivity contribution is -0.387. The Balaban J connectivity index is 2.16. The number of sulfonamides is 1. The molecular formula is C15H15FN2O4S. The summed E-state index contributed by atoms with van der Waals surface area (Å²) in [5.74, 6) is -1.16. The topological polar surface area (TPSA) is 89.3 Å². The first-order valence-electron chi connectivity index (χ1n) is 6.80. The van der Waals surface area contributed by atoms with Crippen LogP contribution in [0.2, 0.25) is 0 Å². The van der Waals surface area contributed by atoms with Gasteiger partial charge in [-0.05, 0) is 23.6 Å². The number of nitro groups is 1. The van der Waals surface area contributed by atoms with Crippen LogP contribution in [-0.4, -0.2) is 19.9 Å². The van der Waals surface area contributed by atoms with Crippen LogP contribution in [0.5, 0.6) is 0 Å². The number of halogens is 1. The monoisotopic (exact) mass is 338 g/mol. The molecular weight excluding hydrogens is 323 g/mol. The Morgan fingerprint density at radius 1 is 1.22 bits per heavy atom. The van der Waals surface area contributed by atoms with Crippen LogP contribution in [-0.2, 0) is 10.0 Å². The molecule has 122 valence electrons. The summed E-state index contributed by atoms with van der Waals surface area (Å²) < 4.78 is 40.1. The Labute approximate surface area is 133 Å². The lowest BCUT2D eigenvalue weighted by atomic mass is 10.0. The minimum atomic E-state index is -3.96. The van der Waals surface area contributed by atoms with Crippen LogP contribution < -0.4 is 4.72 Å². The predicted octanol–water partition coefficient (Wildman–Crippen LogP) is 2.82. The number of hydrogen-bond acceptors (Lipinski definition) is 4. The smallest absolute Gasteiger partial charge is 0.258 e. The van der Waals surface area contributed by atoms with Crippen LogP contribution in [0.3, 0.4) is 0 Å². The van der Waals surface area contributed by atoms with Crippen LogP contribution in [0.4, 0.5) is 10.1 Å². The summed E-state index contributed by atoms with van der Waals surface area (Å²) in [4.78, 5) is 9.40. The minimum absolute atomic E-state index is 0.0820. The summed E-state index contributed by atoms with van der Waals surface area (Å²) in [6.45, 7) is 1.97. The molecule has 0 saturated carbocycles. The van der Waals surface area contributed by atoms with Crippen molar-refractivity contribution in [3.63, 3.8) is 0 Å². The van der Waals surface area contributed by atoms with E-state index in [0.717, 1.165) is 17.7 Å². The molecule has 8 heteroatoms. The van der Waals surface area contributed by atoms with E-state index in [9.17, 15) is 22.9 Å². The Morgan fingerprint density at radius 2 is 1.87 bits per heavy atom. The van der Waals surface area contributed by atoms with Crippen molar-refractivity contribution in [1.29, 1.82) is 0 Å². The van der Waals surface area contributed by atoms with Crippen molar-refractivity contribution in [1.82, 2.24) is 4.72 Å². The van der Waals surface area contributed by atoms with Gasteiger partial charge in [-0.15, -0.1) is 0 Å². The van der Waals surface area contributed by atoms with E-state index in [2.05, 4.69) is 4.72 Å². The molecule has 6 nitrogen and oxygen atoms in total. The Morgan fingerprint density at radius 3 is 2.48 bits per heavy atom. The maximum atomic E-state index is 13.3. The van der Waals surface area contributed by atoms with E-state index < -0.39 is 26.5 Å². The molecule has 0 spiro atoms. The van der Waals surface area contributed by atoms with E-state index in [1.165, 1.54) is 0 Å². The second-order valence-electron chi connectivity index (χ2n) is 5.03. The molecule has 2 aromatic carbocycles. The standard InChI is InChI=1S/C15H15FN2O4S/c1-11(12-5-3-2-4-6-12)10-17-23(21,22)13-7-8-14(16)15(9-13)18(19)20/h2-9,11,17H,10H2,1H3/t11-/m0/s1. The highest BCUT2D eigenvalue weighted by Crippen LogP contribution is 2.22. The lowest BCUT2D eigenvalue weighted by Crippen LogP contribution is -2.27. The zero-order chi connectivity index (χ0) is 17.0. The van der Waals surface area contributed by atoms with Crippen LogP contribution >= 0.6 is 0 Å². The summed E-state index contributed by atoms with van der Waals surface area (Å²) >= 11 is 0. The van der Waals surface area contributed by atoms with Crippen molar-refractivity contribution in [2.45, 2.75) is 17.7 Å². The van der Waals surface area contributed by atoms with Crippen molar-refractivity contribution < 1.29 is 17.7 Å². The SMILES string of the molecule is C[C@@H](CNS(=O)(=O)c1ccc(F)c([N+](=O)[O-])c1)c1ccccc1. The van der Waals surface area contributed by atoms with Gasteiger partial charge < -0.3 is 0 Å². The fourth-order valence-electron chi connectivity index (χ4n) is 2.02. The summed E-state index contributed by atoms with van der Waals surface area (Å²) in [5.41, 5.74) is 0.0873. The van der Waals surface area contributed by atoms with E-state index in [1.54, 1.807) is 0 Å². The number of nitrogens with one attached hydrogen (secondary N) is 1. The maximum absolute atomic E-state index is 13.3. The molecule has 0 aliphatic heterocycles. The third kappa shape index (κ3) is 4.11. The lowest BCUT2D eigenvalue weighted by Gasteiger charge is -2.13. The van der Waals surface area contributed by atoms with Gasteiger partial charge in [-0.3, -0.25) is 10.1 Å². The largest absolute Gasteiger partial charge is 0.306 e. The normalized spacial score (nSPS) is 12.8. The van der Waals surface area contributed by atoms with Gasteiger partial charge in [-0.25, -0.2) is 13.1 Å². The highest BCUT2D eigenvalue weighted by molar-refractivity contribution is 7.89. The van der Waals surface area contributed by atoms with E-state index in [0.29, 0.717) is 6.07 Å². The van der Waals surface area contributed by atoms with E-state index in [4.69, 9.17) is 0 Å². The summed E-state index contributed by atoms with van der Waals surface area (Å²) in [5, 5.41) is 10.7. The van der Waals surface area contributed by atoms with Crippen molar-refractivity contribution >= 4 is 15.7 Å². The van der Waals surface area contributed by atoms with Gasteiger partial charge in [0.1, 0.15) is 0 Å². The molecule has 23 heavy (non-hydrogen) atoms. The number of rotatable bonds is 6. The molecule has 0 aromatic heterocycles. The first-order chi connectivity index (χ1) is 10.8. The molecule has 0 amide bonds. The molecule has 0 unspecified atom stereocenters. The quantitative estimate of drug-likeness (QED) is 0.648. The predicted molar refractivity (Wildman–Crippen MR) is 83.1 cm³/mol. The van der Waals surface area contributed by atoms with Gasteiger partial charge in [-0.1, -0.05) is 37.3 Å². The summed E-state index contributed by atoms with van der Waals surface area (Å²) in [7, 11) is -3.96. The molecule has 0 fully saturated rings. The molecule has 1 N–H and O–H groups in total. The van der Waals surface area contributed by atoms with Gasteiger partial charge in [0.25, 0.3) is 0 Å². The molecule has 0 radical (unpaired) electrons. The molecule has 0 bridgehead atoms. The number of benzene rings is 2. The van der Waals surface area contributed by atoms with Gasteiger partial charge in [0, 0.05) is 12.6 Å². The van der Waals surface area contributed by atoms with Crippen molar-refractivity contribution in [2.75, 3.05) is 6.54 Å².